The van der Waals surface area contributed by atoms with Crippen molar-refractivity contribution in [2.24, 2.45) is 5.92 Å². The Kier molecular flexibility index (Phi) is 3.27. The molecule has 1 aliphatic rings. The Morgan fingerprint density at radius 1 is 1.44 bits per heavy atom. The first-order valence-corrected chi connectivity index (χ1v) is 6.41. The van der Waals surface area contributed by atoms with E-state index in [0.29, 0.717) is 0 Å². The molecule has 0 amide bonds. The molecule has 0 saturated heterocycles. The van der Waals surface area contributed by atoms with Gasteiger partial charge < -0.3 is 9.84 Å². The topological polar surface area (TPSA) is 29.5 Å². The van der Waals surface area contributed by atoms with E-state index in [9.17, 15) is 5.11 Å². The van der Waals surface area contributed by atoms with Gasteiger partial charge in [-0.25, -0.2) is 0 Å². The Balaban J connectivity index is 2.14. The third-order valence-corrected chi connectivity index (χ3v) is 3.46. The van der Waals surface area contributed by atoms with Crippen molar-refractivity contribution in [1.82, 2.24) is 0 Å². The van der Waals surface area contributed by atoms with Crippen LogP contribution in [-0.2, 0) is 5.60 Å². The van der Waals surface area contributed by atoms with Crippen LogP contribution < -0.4 is 4.74 Å². The lowest BCUT2D eigenvalue weighted by Gasteiger charge is -2.19. The minimum Gasteiger partial charge on any atom is -0.492 e. The third kappa shape index (κ3) is 2.98. The largest absolute Gasteiger partial charge is 0.492 e. The molecule has 0 aromatic heterocycles. The van der Waals surface area contributed by atoms with Crippen LogP contribution in [0.2, 0.25) is 0 Å². The predicted octanol–water partition coefficient (Wildman–Crippen LogP) is 3.47. The highest BCUT2D eigenvalue weighted by molar-refractivity contribution is 9.10. The standard InChI is InChI=1S/C13H17BrO2/c1-13(2,15)10-5-6-11(14)12(7-10)16-8-9-3-4-9/h5-7,9,15H,3-4,8H2,1-2H3. The maximum Gasteiger partial charge on any atom is 0.133 e. The number of hydrogen-bond donors (Lipinski definition) is 1. The van der Waals surface area contributed by atoms with Crippen LogP contribution in [0.25, 0.3) is 0 Å². The fourth-order valence-corrected chi connectivity index (χ4v) is 1.85. The summed E-state index contributed by atoms with van der Waals surface area (Å²) in [4.78, 5) is 0. The summed E-state index contributed by atoms with van der Waals surface area (Å²) in [5, 5.41) is 9.92. The molecule has 0 heterocycles. The monoisotopic (exact) mass is 284 g/mol. The molecule has 3 heteroatoms. The molecule has 0 radical (unpaired) electrons. The van der Waals surface area contributed by atoms with E-state index in [-0.39, 0.29) is 0 Å². The van der Waals surface area contributed by atoms with E-state index >= 15 is 0 Å². The fourth-order valence-electron chi connectivity index (χ4n) is 1.49. The molecule has 1 aromatic carbocycles. The van der Waals surface area contributed by atoms with Crippen LogP contribution in [0, 0.1) is 5.92 Å². The normalized spacial score (nSPS) is 16.2. The SMILES string of the molecule is CC(C)(O)c1ccc(Br)c(OCC2CC2)c1. The maximum absolute atomic E-state index is 9.92. The summed E-state index contributed by atoms with van der Waals surface area (Å²) >= 11 is 3.46. The van der Waals surface area contributed by atoms with Crippen LogP contribution >= 0.6 is 15.9 Å². The highest BCUT2D eigenvalue weighted by atomic mass is 79.9. The number of benzene rings is 1. The van der Waals surface area contributed by atoms with Crippen molar-refractivity contribution < 1.29 is 9.84 Å². The summed E-state index contributed by atoms with van der Waals surface area (Å²) in [5.41, 5.74) is 0.0553. The van der Waals surface area contributed by atoms with Gasteiger partial charge in [0.05, 0.1) is 16.7 Å². The van der Waals surface area contributed by atoms with Crippen molar-refractivity contribution >= 4 is 15.9 Å². The van der Waals surface area contributed by atoms with E-state index in [1.54, 1.807) is 13.8 Å². The number of ether oxygens (including phenoxy) is 1. The number of aliphatic hydroxyl groups is 1. The fraction of sp³-hybridized carbons (Fsp3) is 0.538. The Bertz CT molecular complexity index is 378. The van der Waals surface area contributed by atoms with Crippen molar-refractivity contribution in [2.75, 3.05) is 6.61 Å². The molecule has 1 aliphatic carbocycles. The van der Waals surface area contributed by atoms with Crippen molar-refractivity contribution in [2.45, 2.75) is 32.3 Å². The molecule has 1 saturated carbocycles. The van der Waals surface area contributed by atoms with Crippen LogP contribution in [0.5, 0.6) is 5.75 Å². The van der Waals surface area contributed by atoms with Gasteiger partial charge >= 0.3 is 0 Å². The highest BCUT2D eigenvalue weighted by Crippen LogP contribution is 2.34. The molecule has 0 bridgehead atoms. The van der Waals surface area contributed by atoms with Gasteiger partial charge in [0.1, 0.15) is 5.75 Å². The summed E-state index contributed by atoms with van der Waals surface area (Å²) in [5.74, 6) is 1.56. The number of halogens is 1. The Morgan fingerprint density at radius 3 is 2.69 bits per heavy atom. The zero-order valence-corrected chi connectivity index (χ0v) is 11.3. The van der Waals surface area contributed by atoms with Crippen LogP contribution in [0.3, 0.4) is 0 Å². The summed E-state index contributed by atoms with van der Waals surface area (Å²) < 4.78 is 6.68. The van der Waals surface area contributed by atoms with E-state index in [1.807, 2.05) is 18.2 Å². The summed E-state index contributed by atoms with van der Waals surface area (Å²) in [7, 11) is 0. The zero-order valence-electron chi connectivity index (χ0n) is 9.66. The second kappa shape index (κ2) is 4.38. The molecule has 16 heavy (non-hydrogen) atoms. The first-order chi connectivity index (χ1) is 7.47. The molecular formula is C13H17BrO2. The molecule has 1 aromatic rings. The Labute approximate surface area is 105 Å². The van der Waals surface area contributed by atoms with Gasteiger partial charge in [-0.3, -0.25) is 0 Å². The molecule has 2 nitrogen and oxygen atoms in total. The van der Waals surface area contributed by atoms with Crippen LogP contribution in [-0.4, -0.2) is 11.7 Å². The summed E-state index contributed by atoms with van der Waals surface area (Å²) in [6, 6.07) is 5.75. The average molecular weight is 285 g/mol. The van der Waals surface area contributed by atoms with Gasteiger partial charge in [-0.05, 0) is 66.2 Å². The quantitative estimate of drug-likeness (QED) is 0.918. The molecular weight excluding hydrogens is 268 g/mol. The lowest BCUT2D eigenvalue weighted by molar-refractivity contribution is 0.0782. The first-order valence-electron chi connectivity index (χ1n) is 5.62. The van der Waals surface area contributed by atoms with Gasteiger partial charge in [0, 0.05) is 0 Å². The molecule has 0 unspecified atom stereocenters. The highest BCUT2D eigenvalue weighted by Gasteiger charge is 2.23. The van der Waals surface area contributed by atoms with E-state index in [0.717, 1.165) is 28.3 Å². The molecule has 0 spiro atoms. The van der Waals surface area contributed by atoms with E-state index in [1.165, 1.54) is 12.8 Å². The van der Waals surface area contributed by atoms with Crippen LogP contribution in [0.1, 0.15) is 32.3 Å². The summed E-state index contributed by atoms with van der Waals surface area (Å²) in [6.07, 6.45) is 2.56. The molecule has 0 aliphatic heterocycles. The van der Waals surface area contributed by atoms with Gasteiger partial charge in [0.25, 0.3) is 0 Å². The zero-order chi connectivity index (χ0) is 11.8. The van der Waals surface area contributed by atoms with Gasteiger partial charge in [-0.15, -0.1) is 0 Å². The molecule has 0 atom stereocenters. The van der Waals surface area contributed by atoms with Gasteiger partial charge in [-0.2, -0.15) is 0 Å². The molecule has 88 valence electrons. The van der Waals surface area contributed by atoms with Crippen molar-refractivity contribution in [3.8, 4) is 5.75 Å². The van der Waals surface area contributed by atoms with E-state index < -0.39 is 5.60 Å². The van der Waals surface area contributed by atoms with E-state index in [2.05, 4.69) is 15.9 Å². The van der Waals surface area contributed by atoms with Crippen LogP contribution in [0.15, 0.2) is 22.7 Å². The minimum absolute atomic E-state index is 0.734. The summed E-state index contributed by atoms with van der Waals surface area (Å²) in [6.45, 7) is 4.34. The lowest BCUT2D eigenvalue weighted by Crippen LogP contribution is -2.15. The minimum atomic E-state index is -0.821. The lowest BCUT2D eigenvalue weighted by atomic mass is 9.98. The smallest absolute Gasteiger partial charge is 0.133 e. The van der Waals surface area contributed by atoms with Crippen molar-refractivity contribution in [3.05, 3.63) is 28.2 Å². The third-order valence-electron chi connectivity index (χ3n) is 2.81. The van der Waals surface area contributed by atoms with Gasteiger partial charge in [-0.1, -0.05) is 6.07 Å². The average Bonchev–Trinajstić information content (AvgIpc) is 2.98. The maximum atomic E-state index is 9.92. The number of rotatable bonds is 4. The molecule has 1 N–H and O–H groups in total. The van der Waals surface area contributed by atoms with E-state index in [4.69, 9.17) is 4.74 Å². The first kappa shape index (κ1) is 11.9. The Morgan fingerprint density at radius 2 is 2.12 bits per heavy atom. The van der Waals surface area contributed by atoms with Crippen molar-refractivity contribution in [1.29, 1.82) is 0 Å². The second-order valence-corrected chi connectivity index (χ2v) is 5.81. The van der Waals surface area contributed by atoms with Crippen molar-refractivity contribution in [3.63, 3.8) is 0 Å². The predicted molar refractivity (Wildman–Crippen MR) is 67.6 cm³/mol. The van der Waals surface area contributed by atoms with Gasteiger partial charge in [0.2, 0.25) is 0 Å². The molecule has 2 rings (SSSR count). The van der Waals surface area contributed by atoms with Gasteiger partial charge in [0.15, 0.2) is 0 Å². The Hall–Kier alpha value is -0.540. The molecule has 1 fully saturated rings. The second-order valence-electron chi connectivity index (χ2n) is 4.96. The van der Waals surface area contributed by atoms with Crippen LogP contribution in [0.4, 0.5) is 0 Å². The number of hydrogen-bond acceptors (Lipinski definition) is 2.